The van der Waals surface area contributed by atoms with Crippen molar-refractivity contribution >= 4 is 11.9 Å². The van der Waals surface area contributed by atoms with Crippen LogP contribution < -0.4 is 15.6 Å². The third-order valence-corrected chi connectivity index (χ3v) is 11.3. The average molecular weight is 736 g/mol. The van der Waals surface area contributed by atoms with Gasteiger partial charge in [0, 0.05) is 18.8 Å². The highest BCUT2D eigenvalue weighted by Gasteiger charge is 2.39. The van der Waals surface area contributed by atoms with Crippen LogP contribution in [0.1, 0.15) is 116 Å². The molecular formula is C42H52F3N3O5. The topological polar surface area (TPSA) is 101 Å². The first-order valence-corrected chi connectivity index (χ1v) is 19.0. The standard InChI is InChI=1S/C42H52F3N3O5/c1-24(2)15-37(48-23-34(35(20-38(48)49)42(43,44)45)28-11-13-47(14-12-28)22-27-9-10-27)41(52)46-36(21-39(50)51)30-18-29-7-6-8-32(29)33(19-30)40-25(3)16-31(53-5)17-26(40)4/h16-20,23-24,27-28,36-37H,6-15,21-22H2,1-5H3,(H,46,52)(H,50,51)/t36-,37+/m0/s1. The molecule has 1 aromatic heterocycles. The van der Waals surface area contributed by atoms with Crippen molar-refractivity contribution in [2.75, 3.05) is 26.7 Å². The Hall–Kier alpha value is -4.12. The number of carboxylic acids is 1. The van der Waals surface area contributed by atoms with Gasteiger partial charge in [-0.15, -0.1) is 0 Å². The summed E-state index contributed by atoms with van der Waals surface area (Å²) in [6.45, 7) is 10.1. The highest BCUT2D eigenvalue weighted by Crippen LogP contribution is 2.42. The van der Waals surface area contributed by atoms with Gasteiger partial charge in [0.25, 0.3) is 5.56 Å². The molecule has 2 atom stereocenters. The number of methoxy groups -OCH3 is 1. The van der Waals surface area contributed by atoms with Crippen molar-refractivity contribution in [3.63, 3.8) is 0 Å². The molecule has 0 radical (unpaired) electrons. The highest BCUT2D eigenvalue weighted by molar-refractivity contribution is 5.82. The normalized spacial score (nSPS) is 17.8. The summed E-state index contributed by atoms with van der Waals surface area (Å²) in [5.41, 5.74) is 5.16. The number of aliphatic carboxylic acids is 1. The Morgan fingerprint density at radius 3 is 2.26 bits per heavy atom. The number of fused-ring (bicyclic) bond motifs is 1. The van der Waals surface area contributed by atoms with E-state index in [0.717, 1.165) is 63.9 Å². The number of likely N-dealkylation sites (tertiary alicyclic amines) is 1. The van der Waals surface area contributed by atoms with Crippen LogP contribution in [0.15, 0.2) is 41.3 Å². The Balaban J connectivity index is 1.36. The number of carbonyl (C=O) groups is 2. The van der Waals surface area contributed by atoms with Crippen LogP contribution in [0, 0.1) is 25.7 Å². The number of nitrogens with one attached hydrogen (secondary N) is 1. The summed E-state index contributed by atoms with van der Waals surface area (Å²) in [5.74, 6) is -0.804. The number of carboxylic acid groups (broad SMARTS) is 1. The number of pyridine rings is 1. The van der Waals surface area contributed by atoms with Gasteiger partial charge in [0.2, 0.25) is 5.91 Å². The molecule has 0 spiro atoms. The van der Waals surface area contributed by atoms with Crippen LogP contribution >= 0.6 is 0 Å². The zero-order valence-electron chi connectivity index (χ0n) is 31.4. The van der Waals surface area contributed by atoms with Gasteiger partial charge >= 0.3 is 12.1 Å². The molecule has 11 heteroatoms. The SMILES string of the molecule is COc1cc(C)c(-c2cc([C@H](CC(=O)O)NC(=O)[C@@H](CC(C)C)n3cc(C4CCN(CC5CC5)CC4)c(C(F)(F)F)cc3=O)cc3c2CCC3)c(C)c1. The van der Waals surface area contributed by atoms with E-state index in [1.165, 1.54) is 24.6 Å². The van der Waals surface area contributed by atoms with Crippen molar-refractivity contribution in [2.45, 2.75) is 110 Å². The summed E-state index contributed by atoms with van der Waals surface area (Å²) < 4.78 is 50.0. The number of nitrogens with zero attached hydrogens (tertiary/aromatic N) is 2. The predicted octanol–water partition coefficient (Wildman–Crippen LogP) is 8.16. The Bertz CT molecular complexity index is 1880. The first-order valence-electron chi connectivity index (χ1n) is 19.0. The maximum atomic E-state index is 14.5. The first-order chi connectivity index (χ1) is 25.1. The Labute approximate surface area is 309 Å². The fourth-order valence-corrected chi connectivity index (χ4v) is 8.58. The van der Waals surface area contributed by atoms with Crippen LogP contribution in [-0.2, 0) is 28.6 Å². The summed E-state index contributed by atoms with van der Waals surface area (Å²) in [6.07, 6.45) is 2.41. The molecule has 1 aliphatic heterocycles. The van der Waals surface area contributed by atoms with Gasteiger partial charge in [-0.1, -0.05) is 19.9 Å². The third kappa shape index (κ3) is 8.82. The molecule has 1 amide bonds. The Morgan fingerprint density at radius 2 is 1.68 bits per heavy atom. The lowest BCUT2D eigenvalue weighted by molar-refractivity contribution is -0.139. The van der Waals surface area contributed by atoms with Gasteiger partial charge in [0.1, 0.15) is 11.8 Å². The molecule has 2 fully saturated rings. The third-order valence-electron chi connectivity index (χ3n) is 11.3. The number of amides is 1. The van der Waals surface area contributed by atoms with Crippen LogP contribution in [0.5, 0.6) is 5.75 Å². The van der Waals surface area contributed by atoms with Gasteiger partial charge in [-0.3, -0.25) is 14.4 Å². The molecule has 0 unspecified atom stereocenters. The number of ether oxygens (including phenoxy) is 1. The van der Waals surface area contributed by atoms with Crippen molar-refractivity contribution in [3.8, 4) is 16.9 Å². The van der Waals surface area contributed by atoms with Crippen molar-refractivity contribution in [1.29, 1.82) is 0 Å². The molecule has 8 nitrogen and oxygen atoms in total. The zero-order chi connectivity index (χ0) is 38.2. The summed E-state index contributed by atoms with van der Waals surface area (Å²) in [5, 5.41) is 13.0. The number of piperidine rings is 1. The zero-order valence-corrected chi connectivity index (χ0v) is 31.4. The molecule has 1 saturated heterocycles. The monoisotopic (exact) mass is 735 g/mol. The van der Waals surface area contributed by atoms with Crippen LogP contribution in [-0.4, -0.2) is 53.2 Å². The van der Waals surface area contributed by atoms with Crippen LogP contribution in [0.25, 0.3) is 11.1 Å². The number of aromatic nitrogens is 1. The van der Waals surface area contributed by atoms with Gasteiger partial charge in [-0.05, 0) is 159 Å². The molecule has 2 aliphatic carbocycles. The van der Waals surface area contributed by atoms with Gasteiger partial charge in [-0.25, -0.2) is 0 Å². The Morgan fingerprint density at radius 1 is 1.00 bits per heavy atom. The van der Waals surface area contributed by atoms with E-state index >= 15 is 0 Å². The van der Waals surface area contributed by atoms with E-state index in [1.807, 2.05) is 52.0 Å². The van der Waals surface area contributed by atoms with Crippen molar-refractivity contribution in [3.05, 3.63) is 85.8 Å². The second-order valence-corrected chi connectivity index (χ2v) is 15.9. The fourth-order valence-electron chi connectivity index (χ4n) is 8.58. The highest BCUT2D eigenvalue weighted by atomic mass is 19.4. The minimum Gasteiger partial charge on any atom is -0.497 e. The average Bonchev–Trinajstić information content (AvgIpc) is 3.77. The minimum atomic E-state index is -4.73. The van der Waals surface area contributed by atoms with E-state index in [2.05, 4.69) is 10.2 Å². The van der Waals surface area contributed by atoms with Crippen LogP contribution in [0.3, 0.4) is 0 Å². The van der Waals surface area contributed by atoms with Gasteiger partial charge in [0.05, 0.1) is 25.1 Å². The maximum absolute atomic E-state index is 14.5. The van der Waals surface area contributed by atoms with E-state index in [-0.39, 0.29) is 17.9 Å². The van der Waals surface area contributed by atoms with Crippen molar-refractivity contribution in [2.24, 2.45) is 11.8 Å². The lowest BCUT2D eigenvalue weighted by atomic mass is 9.86. The van der Waals surface area contributed by atoms with Crippen LogP contribution in [0.2, 0.25) is 0 Å². The lowest BCUT2D eigenvalue weighted by Gasteiger charge is -2.34. The summed E-state index contributed by atoms with van der Waals surface area (Å²) in [7, 11) is 1.62. The number of alkyl halides is 3. The fraction of sp³-hybridized carbons (Fsp3) is 0.548. The molecule has 3 aromatic rings. The minimum absolute atomic E-state index is 0.0420. The van der Waals surface area contributed by atoms with E-state index < -0.39 is 53.6 Å². The number of benzene rings is 2. The molecule has 6 rings (SSSR count). The van der Waals surface area contributed by atoms with E-state index in [4.69, 9.17) is 4.74 Å². The number of rotatable bonds is 13. The first kappa shape index (κ1) is 38.6. The second-order valence-electron chi connectivity index (χ2n) is 15.9. The van der Waals surface area contributed by atoms with Gasteiger partial charge in [0.15, 0.2) is 0 Å². The Kier molecular flexibility index (Phi) is 11.4. The number of aryl methyl sites for hydroxylation is 3. The van der Waals surface area contributed by atoms with Crippen molar-refractivity contribution in [1.82, 2.24) is 14.8 Å². The molecule has 286 valence electrons. The van der Waals surface area contributed by atoms with E-state index in [9.17, 15) is 32.7 Å². The molecule has 1 saturated carbocycles. The molecule has 2 aromatic carbocycles. The molecule has 3 aliphatic rings. The lowest BCUT2D eigenvalue weighted by Crippen LogP contribution is -2.41. The molecule has 2 N–H and O–H groups in total. The second kappa shape index (κ2) is 15.7. The predicted molar refractivity (Wildman–Crippen MR) is 198 cm³/mol. The summed E-state index contributed by atoms with van der Waals surface area (Å²) >= 11 is 0. The summed E-state index contributed by atoms with van der Waals surface area (Å²) in [6, 6.07) is 6.44. The number of hydrogen-bond donors (Lipinski definition) is 2. The van der Waals surface area contributed by atoms with E-state index in [1.54, 1.807) is 7.11 Å². The number of halogens is 3. The van der Waals surface area contributed by atoms with Crippen LogP contribution in [0.4, 0.5) is 13.2 Å². The van der Waals surface area contributed by atoms with E-state index in [0.29, 0.717) is 43.5 Å². The number of carbonyl (C=O) groups excluding carboxylic acids is 1. The molecule has 2 heterocycles. The molecule has 0 bridgehead atoms. The summed E-state index contributed by atoms with van der Waals surface area (Å²) in [4.78, 5) is 42.6. The maximum Gasteiger partial charge on any atom is 0.416 e. The largest absolute Gasteiger partial charge is 0.497 e. The quantitative estimate of drug-likeness (QED) is 0.184. The van der Waals surface area contributed by atoms with Gasteiger partial charge < -0.3 is 24.6 Å². The van der Waals surface area contributed by atoms with Crippen molar-refractivity contribution < 1.29 is 32.6 Å². The van der Waals surface area contributed by atoms with Gasteiger partial charge in [-0.2, -0.15) is 13.2 Å². The number of hydrogen-bond acceptors (Lipinski definition) is 5. The molecular weight excluding hydrogens is 683 g/mol. The smallest absolute Gasteiger partial charge is 0.416 e. The molecule has 53 heavy (non-hydrogen) atoms.